The Morgan fingerprint density at radius 2 is 2.16 bits per heavy atom. The first kappa shape index (κ1) is 20.6. The van der Waals surface area contributed by atoms with Gasteiger partial charge >= 0.3 is 0 Å². The number of H-pyrrole nitrogens is 1. The SMILES string of the molecule is C=C(/C=C\N=C(N)CCc1ccc2[nH]ccc2c1)c1ccc2nc(NC(C)=O)sc2c1. The van der Waals surface area contributed by atoms with Crippen molar-refractivity contribution in [3.63, 3.8) is 0 Å². The van der Waals surface area contributed by atoms with Crippen molar-refractivity contribution in [1.82, 2.24) is 9.97 Å². The van der Waals surface area contributed by atoms with Crippen LogP contribution in [-0.4, -0.2) is 21.7 Å². The zero-order chi connectivity index (χ0) is 21.8. The van der Waals surface area contributed by atoms with Crippen LogP contribution in [0.15, 0.2) is 72.5 Å². The van der Waals surface area contributed by atoms with Gasteiger partial charge in [-0.25, -0.2) is 9.98 Å². The van der Waals surface area contributed by atoms with Gasteiger partial charge in [0, 0.05) is 31.3 Å². The van der Waals surface area contributed by atoms with E-state index in [4.69, 9.17) is 5.73 Å². The number of nitrogens with one attached hydrogen (secondary N) is 2. The molecule has 0 saturated carbocycles. The summed E-state index contributed by atoms with van der Waals surface area (Å²) < 4.78 is 0.984. The van der Waals surface area contributed by atoms with Crippen LogP contribution < -0.4 is 11.1 Å². The summed E-state index contributed by atoms with van der Waals surface area (Å²) in [6.07, 6.45) is 6.99. The van der Waals surface area contributed by atoms with E-state index in [2.05, 4.69) is 51.1 Å². The maximum atomic E-state index is 11.2. The van der Waals surface area contributed by atoms with Crippen molar-refractivity contribution in [3.05, 3.63) is 78.6 Å². The van der Waals surface area contributed by atoms with Crippen molar-refractivity contribution in [3.8, 4) is 0 Å². The standard InChI is InChI=1S/C24H23N5OS/c1-15(18-5-7-21-22(14-18)31-24(29-21)28-16(2)30)9-11-27-23(25)8-4-17-3-6-20-19(13-17)10-12-26-20/h3,5-7,9-14,26H,1,4,8H2,2H3,(H2,25,27)(H,28,29,30)/b11-9-. The van der Waals surface area contributed by atoms with E-state index in [0.29, 0.717) is 17.4 Å². The molecule has 0 bridgehead atoms. The number of amides is 1. The maximum absolute atomic E-state index is 11.2. The third kappa shape index (κ3) is 5.07. The lowest BCUT2D eigenvalue weighted by atomic mass is 10.1. The number of fused-ring (bicyclic) bond motifs is 2. The lowest BCUT2D eigenvalue weighted by molar-refractivity contribution is -0.114. The first-order chi connectivity index (χ1) is 15.0. The van der Waals surface area contributed by atoms with Crippen molar-refractivity contribution < 1.29 is 4.79 Å². The molecule has 0 spiro atoms. The fourth-order valence-electron chi connectivity index (χ4n) is 3.24. The Bertz CT molecular complexity index is 1330. The number of aromatic nitrogens is 2. The van der Waals surface area contributed by atoms with Crippen LogP contribution in [0.25, 0.3) is 26.7 Å². The van der Waals surface area contributed by atoms with Gasteiger partial charge in [0.05, 0.1) is 16.1 Å². The molecule has 0 aliphatic rings. The minimum atomic E-state index is -0.132. The number of hydrogen-bond donors (Lipinski definition) is 3. The number of carbonyl (C=O) groups excluding carboxylic acids is 1. The maximum Gasteiger partial charge on any atom is 0.223 e. The Morgan fingerprint density at radius 1 is 1.29 bits per heavy atom. The molecular formula is C24H23N5OS. The van der Waals surface area contributed by atoms with Crippen molar-refractivity contribution in [2.75, 3.05) is 5.32 Å². The highest BCUT2D eigenvalue weighted by Gasteiger charge is 2.06. The molecule has 1 amide bonds. The second kappa shape index (κ2) is 8.97. The lowest BCUT2D eigenvalue weighted by Crippen LogP contribution is -2.11. The number of nitrogens with zero attached hydrogens (tertiary/aromatic N) is 2. The molecule has 156 valence electrons. The highest BCUT2D eigenvalue weighted by Crippen LogP contribution is 2.29. The molecule has 6 nitrogen and oxygen atoms in total. The number of aromatic amines is 1. The number of aryl methyl sites for hydroxylation is 1. The number of amidine groups is 1. The molecule has 0 fully saturated rings. The van der Waals surface area contributed by atoms with E-state index in [-0.39, 0.29) is 5.91 Å². The summed E-state index contributed by atoms with van der Waals surface area (Å²) in [4.78, 5) is 23.2. The molecule has 2 aromatic heterocycles. The number of benzene rings is 2. The fourth-order valence-corrected chi connectivity index (χ4v) is 4.19. The van der Waals surface area contributed by atoms with Gasteiger partial charge < -0.3 is 16.0 Å². The normalized spacial score (nSPS) is 12.1. The first-order valence-corrected chi connectivity index (χ1v) is 10.7. The Labute approximate surface area is 184 Å². The zero-order valence-corrected chi connectivity index (χ0v) is 18.0. The molecule has 0 unspecified atom stereocenters. The minimum Gasteiger partial charge on any atom is -0.387 e. The van der Waals surface area contributed by atoms with Crippen molar-refractivity contribution in [2.24, 2.45) is 10.7 Å². The topological polar surface area (TPSA) is 96.2 Å². The van der Waals surface area contributed by atoms with E-state index in [9.17, 15) is 4.79 Å². The molecule has 4 N–H and O–H groups in total. The summed E-state index contributed by atoms with van der Waals surface area (Å²) in [5.74, 6) is 0.447. The molecule has 0 aliphatic heterocycles. The molecule has 31 heavy (non-hydrogen) atoms. The molecule has 4 rings (SSSR count). The Kier molecular flexibility index (Phi) is 5.95. The molecule has 0 atom stereocenters. The van der Waals surface area contributed by atoms with Gasteiger partial charge in [-0.05, 0) is 64.9 Å². The van der Waals surface area contributed by atoms with Crippen LogP contribution in [0.3, 0.4) is 0 Å². The van der Waals surface area contributed by atoms with Crippen LogP contribution in [0, 0.1) is 0 Å². The molecule has 4 aromatic rings. The van der Waals surface area contributed by atoms with Crippen molar-refractivity contribution >= 4 is 54.9 Å². The molecule has 0 radical (unpaired) electrons. The zero-order valence-electron chi connectivity index (χ0n) is 17.2. The number of anilines is 1. The Hall–Kier alpha value is -3.71. The molecule has 2 aromatic carbocycles. The lowest BCUT2D eigenvalue weighted by Gasteiger charge is -2.02. The van der Waals surface area contributed by atoms with Crippen molar-refractivity contribution in [2.45, 2.75) is 19.8 Å². The van der Waals surface area contributed by atoms with E-state index in [1.807, 2.05) is 30.5 Å². The predicted molar refractivity (Wildman–Crippen MR) is 130 cm³/mol. The summed E-state index contributed by atoms with van der Waals surface area (Å²) in [6, 6.07) is 14.3. The third-order valence-corrected chi connectivity index (χ3v) is 5.78. The number of rotatable bonds is 7. The number of hydrogen-bond acceptors (Lipinski definition) is 4. The van der Waals surface area contributed by atoms with E-state index < -0.39 is 0 Å². The number of thiazole rings is 1. The van der Waals surface area contributed by atoms with Crippen LogP contribution in [0.4, 0.5) is 5.13 Å². The average Bonchev–Trinajstić information content (AvgIpc) is 3.36. The number of allylic oxidation sites excluding steroid dienone is 2. The second-order valence-electron chi connectivity index (χ2n) is 7.24. The number of aliphatic imine (C=N–C) groups is 1. The first-order valence-electron chi connectivity index (χ1n) is 9.90. The van der Waals surface area contributed by atoms with Gasteiger partial charge in [-0.3, -0.25) is 4.79 Å². The summed E-state index contributed by atoms with van der Waals surface area (Å²) in [6.45, 7) is 5.59. The molecule has 0 saturated heterocycles. The second-order valence-corrected chi connectivity index (χ2v) is 8.27. The monoisotopic (exact) mass is 429 g/mol. The highest BCUT2D eigenvalue weighted by atomic mass is 32.1. The van der Waals surface area contributed by atoms with Crippen LogP contribution in [-0.2, 0) is 11.2 Å². The molecule has 2 heterocycles. The van der Waals surface area contributed by atoms with E-state index in [1.165, 1.54) is 29.2 Å². The van der Waals surface area contributed by atoms with Crippen LogP contribution in [0.5, 0.6) is 0 Å². The van der Waals surface area contributed by atoms with Gasteiger partial charge in [-0.15, -0.1) is 0 Å². The summed E-state index contributed by atoms with van der Waals surface area (Å²) in [5, 5.41) is 4.51. The van der Waals surface area contributed by atoms with E-state index in [0.717, 1.165) is 33.3 Å². The summed E-state index contributed by atoms with van der Waals surface area (Å²) in [5.41, 5.74) is 11.1. The fraction of sp³-hybridized carbons (Fsp3) is 0.125. The van der Waals surface area contributed by atoms with Gasteiger partial charge in [0.1, 0.15) is 0 Å². The highest BCUT2D eigenvalue weighted by molar-refractivity contribution is 7.22. The smallest absolute Gasteiger partial charge is 0.223 e. The largest absolute Gasteiger partial charge is 0.387 e. The molecule has 0 aliphatic carbocycles. The number of carbonyl (C=O) groups is 1. The number of nitrogens with two attached hydrogens (primary N) is 1. The molecule has 7 heteroatoms. The van der Waals surface area contributed by atoms with Crippen LogP contribution >= 0.6 is 11.3 Å². The van der Waals surface area contributed by atoms with Crippen LogP contribution in [0.2, 0.25) is 0 Å². The van der Waals surface area contributed by atoms with E-state index in [1.54, 1.807) is 6.20 Å². The van der Waals surface area contributed by atoms with Crippen LogP contribution in [0.1, 0.15) is 24.5 Å². The van der Waals surface area contributed by atoms with Gasteiger partial charge in [0.2, 0.25) is 5.91 Å². The predicted octanol–water partition coefficient (Wildman–Crippen LogP) is 5.25. The average molecular weight is 430 g/mol. The summed E-state index contributed by atoms with van der Waals surface area (Å²) in [7, 11) is 0. The van der Waals surface area contributed by atoms with Gasteiger partial charge in [-0.2, -0.15) is 0 Å². The summed E-state index contributed by atoms with van der Waals surface area (Å²) >= 11 is 1.43. The third-order valence-electron chi connectivity index (χ3n) is 4.85. The van der Waals surface area contributed by atoms with Gasteiger partial charge in [-0.1, -0.05) is 30.0 Å². The van der Waals surface area contributed by atoms with E-state index >= 15 is 0 Å². The Balaban J connectivity index is 1.37. The quantitative estimate of drug-likeness (QED) is 0.213. The Morgan fingerprint density at radius 3 is 3.00 bits per heavy atom. The molecular weight excluding hydrogens is 406 g/mol. The van der Waals surface area contributed by atoms with Gasteiger partial charge in [0.15, 0.2) is 5.13 Å². The van der Waals surface area contributed by atoms with Gasteiger partial charge in [0.25, 0.3) is 0 Å². The minimum absolute atomic E-state index is 0.132. The van der Waals surface area contributed by atoms with Crippen molar-refractivity contribution in [1.29, 1.82) is 0 Å².